The monoisotopic (exact) mass is 192 g/mol. The van der Waals surface area contributed by atoms with Crippen LogP contribution in [0.15, 0.2) is 23.0 Å². The molecule has 14 heavy (non-hydrogen) atoms. The fraction of sp³-hybridized carbons (Fsp3) is 0.300. The molecule has 1 heterocycles. The zero-order valence-corrected chi connectivity index (χ0v) is 7.95. The van der Waals surface area contributed by atoms with Crippen molar-refractivity contribution in [2.45, 2.75) is 13.5 Å². The van der Waals surface area contributed by atoms with Crippen molar-refractivity contribution in [3.05, 3.63) is 34.2 Å². The van der Waals surface area contributed by atoms with Gasteiger partial charge in [-0.1, -0.05) is 6.07 Å². The van der Waals surface area contributed by atoms with Gasteiger partial charge in [-0.05, 0) is 24.6 Å². The summed E-state index contributed by atoms with van der Waals surface area (Å²) in [5, 5.41) is 8.80. The molecule has 0 spiro atoms. The Bertz CT molecular complexity index is 510. The first-order valence-electron chi connectivity index (χ1n) is 4.52. The largest absolute Gasteiger partial charge is 0.395 e. The van der Waals surface area contributed by atoms with Crippen LogP contribution in [0.25, 0.3) is 11.0 Å². The van der Waals surface area contributed by atoms with E-state index in [-0.39, 0.29) is 12.3 Å². The zero-order chi connectivity index (χ0) is 10.1. The quantitative estimate of drug-likeness (QED) is 0.733. The smallest absolute Gasteiger partial charge is 0.326 e. The number of H-pyrrole nitrogens is 1. The maximum absolute atomic E-state index is 11.4. The van der Waals surface area contributed by atoms with Crippen molar-refractivity contribution in [2.75, 3.05) is 6.61 Å². The molecular formula is C10H12N2O2. The standard InChI is InChI=1S/C10H12N2O2/c1-7-2-3-9-8(6-7)11-10(14)12(9)4-5-13/h2-3,6,13H,4-5H2,1H3,(H,11,14). The number of nitrogens with one attached hydrogen (secondary N) is 1. The molecule has 74 valence electrons. The zero-order valence-electron chi connectivity index (χ0n) is 7.95. The SMILES string of the molecule is Cc1ccc2c(c1)[nH]c(=O)n2CCO. The minimum Gasteiger partial charge on any atom is -0.395 e. The fourth-order valence-electron chi connectivity index (χ4n) is 1.60. The number of rotatable bonds is 2. The number of hydrogen-bond donors (Lipinski definition) is 2. The molecule has 0 aliphatic carbocycles. The summed E-state index contributed by atoms with van der Waals surface area (Å²) >= 11 is 0. The molecule has 0 unspecified atom stereocenters. The first-order valence-corrected chi connectivity index (χ1v) is 4.52. The molecule has 0 radical (unpaired) electrons. The van der Waals surface area contributed by atoms with Crippen molar-refractivity contribution < 1.29 is 5.11 Å². The summed E-state index contributed by atoms with van der Waals surface area (Å²) in [7, 11) is 0. The topological polar surface area (TPSA) is 58.0 Å². The van der Waals surface area contributed by atoms with Gasteiger partial charge in [-0.25, -0.2) is 4.79 Å². The Kier molecular flexibility index (Phi) is 2.13. The van der Waals surface area contributed by atoms with Gasteiger partial charge in [0.25, 0.3) is 0 Å². The molecule has 1 aromatic heterocycles. The number of aromatic nitrogens is 2. The van der Waals surface area contributed by atoms with Gasteiger partial charge in [-0.15, -0.1) is 0 Å². The van der Waals surface area contributed by atoms with E-state index in [0.29, 0.717) is 6.54 Å². The Hall–Kier alpha value is -1.55. The van der Waals surface area contributed by atoms with E-state index in [2.05, 4.69) is 4.98 Å². The minimum atomic E-state index is -0.167. The summed E-state index contributed by atoms with van der Waals surface area (Å²) < 4.78 is 1.54. The molecule has 0 aliphatic heterocycles. The van der Waals surface area contributed by atoms with Gasteiger partial charge in [-0.2, -0.15) is 0 Å². The molecule has 2 N–H and O–H groups in total. The summed E-state index contributed by atoms with van der Waals surface area (Å²) in [6, 6.07) is 5.76. The van der Waals surface area contributed by atoms with Gasteiger partial charge >= 0.3 is 5.69 Å². The second-order valence-electron chi connectivity index (χ2n) is 3.33. The van der Waals surface area contributed by atoms with Crippen molar-refractivity contribution in [3.8, 4) is 0 Å². The van der Waals surface area contributed by atoms with E-state index in [1.807, 2.05) is 25.1 Å². The average molecular weight is 192 g/mol. The van der Waals surface area contributed by atoms with E-state index in [1.54, 1.807) is 0 Å². The van der Waals surface area contributed by atoms with E-state index in [9.17, 15) is 4.79 Å². The van der Waals surface area contributed by atoms with Crippen molar-refractivity contribution in [1.29, 1.82) is 0 Å². The van der Waals surface area contributed by atoms with E-state index in [1.165, 1.54) is 4.57 Å². The minimum absolute atomic E-state index is 0.0270. The Morgan fingerprint density at radius 3 is 3.00 bits per heavy atom. The summed E-state index contributed by atoms with van der Waals surface area (Å²) in [5.41, 5.74) is 2.60. The number of aliphatic hydroxyl groups excluding tert-OH is 1. The van der Waals surface area contributed by atoms with Gasteiger partial charge in [0.1, 0.15) is 0 Å². The molecule has 0 amide bonds. The lowest BCUT2D eigenvalue weighted by atomic mass is 10.2. The number of hydrogen-bond acceptors (Lipinski definition) is 2. The molecule has 0 saturated heterocycles. The third kappa shape index (κ3) is 1.33. The Balaban J connectivity index is 2.71. The summed E-state index contributed by atoms with van der Waals surface area (Å²) in [6.07, 6.45) is 0. The van der Waals surface area contributed by atoms with Crippen molar-refractivity contribution >= 4 is 11.0 Å². The Labute approximate surface area is 80.8 Å². The highest BCUT2D eigenvalue weighted by Crippen LogP contribution is 2.11. The van der Waals surface area contributed by atoms with E-state index < -0.39 is 0 Å². The number of fused-ring (bicyclic) bond motifs is 1. The van der Waals surface area contributed by atoms with Gasteiger partial charge < -0.3 is 10.1 Å². The first kappa shape index (κ1) is 9.02. The molecule has 0 aliphatic rings. The van der Waals surface area contributed by atoms with E-state index >= 15 is 0 Å². The lowest BCUT2D eigenvalue weighted by Crippen LogP contribution is -2.18. The van der Waals surface area contributed by atoms with Crippen LogP contribution in [0.4, 0.5) is 0 Å². The number of nitrogens with zero attached hydrogens (tertiary/aromatic N) is 1. The highest BCUT2D eigenvalue weighted by atomic mass is 16.3. The fourth-order valence-corrected chi connectivity index (χ4v) is 1.60. The van der Waals surface area contributed by atoms with Gasteiger partial charge in [0.05, 0.1) is 24.2 Å². The molecule has 0 atom stereocenters. The van der Waals surface area contributed by atoms with Crippen LogP contribution < -0.4 is 5.69 Å². The lowest BCUT2D eigenvalue weighted by molar-refractivity contribution is 0.276. The van der Waals surface area contributed by atoms with Gasteiger partial charge in [0.2, 0.25) is 0 Å². The number of benzene rings is 1. The Morgan fingerprint density at radius 1 is 1.50 bits per heavy atom. The van der Waals surface area contributed by atoms with Crippen LogP contribution >= 0.6 is 0 Å². The second kappa shape index (κ2) is 3.31. The molecule has 2 rings (SSSR count). The highest BCUT2D eigenvalue weighted by Gasteiger charge is 2.04. The number of aromatic amines is 1. The molecular weight excluding hydrogens is 180 g/mol. The van der Waals surface area contributed by atoms with Crippen LogP contribution in [0.2, 0.25) is 0 Å². The third-order valence-corrected chi connectivity index (χ3v) is 2.25. The molecule has 0 saturated carbocycles. The molecule has 4 heteroatoms. The van der Waals surface area contributed by atoms with Crippen LogP contribution in [0.3, 0.4) is 0 Å². The van der Waals surface area contributed by atoms with E-state index in [4.69, 9.17) is 5.11 Å². The van der Waals surface area contributed by atoms with Crippen molar-refractivity contribution in [2.24, 2.45) is 0 Å². The molecule has 1 aromatic carbocycles. The third-order valence-electron chi connectivity index (χ3n) is 2.25. The predicted octanol–water partition coefficient (Wildman–Crippen LogP) is 0.630. The first-order chi connectivity index (χ1) is 6.72. The summed E-state index contributed by atoms with van der Waals surface area (Å²) in [6.45, 7) is 2.28. The average Bonchev–Trinajstić information content (AvgIpc) is 2.43. The van der Waals surface area contributed by atoms with Crippen LogP contribution in [-0.4, -0.2) is 21.3 Å². The van der Waals surface area contributed by atoms with Crippen molar-refractivity contribution in [1.82, 2.24) is 9.55 Å². The molecule has 0 fully saturated rings. The number of aliphatic hydroxyl groups is 1. The van der Waals surface area contributed by atoms with E-state index in [0.717, 1.165) is 16.6 Å². The van der Waals surface area contributed by atoms with Crippen molar-refractivity contribution in [3.63, 3.8) is 0 Å². The lowest BCUT2D eigenvalue weighted by Gasteiger charge is -1.99. The van der Waals surface area contributed by atoms with Crippen LogP contribution in [-0.2, 0) is 6.54 Å². The number of aryl methyl sites for hydroxylation is 1. The van der Waals surface area contributed by atoms with Crippen LogP contribution in [0.5, 0.6) is 0 Å². The van der Waals surface area contributed by atoms with Crippen LogP contribution in [0, 0.1) is 6.92 Å². The van der Waals surface area contributed by atoms with Crippen LogP contribution in [0.1, 0.15) is 5.56 Å². The number of imidazole rings is 1. The maximum Gasteiger partial charge on any atom is 0.326 e. The molecule has 2 aromatic rings. The summed E-state index contributed by atoms with van der Waals surface area (Å²) in [5.74, 6) is 0. The predicted molar refractivity (Wildman–Crippen MR) is 54.4 cm³/mol. The highest BCUT2D eigenvalue weighted by molar-refractivity contribution is 5.75. The summed E-state index contributed by atoms with van der Waals surface area (Å²) in [4.78, 5) is 14.2. The van der Waals surface area contributed by atoms with Gasteiger partial charge in [0, 0.05) is 0 Å². The molecule has 0 bridgehead atoms. The maximum atomic E-state index is 11.4. The Morgan fingerprint density at radius 2 is 2.29 bits per heavy atom. The second-order valence-corrected chi connectivity index (χ2v) is 3.33. The molecule has 4 nitrogen and oxygen atoms in total. The normalized spacial score (nSPS) is 11.0. The van der Waals surface area contributed by atoms with Gasteiger partial charge in [0.15, 0.2) is 0 Å². The van der Waals surface area contributed by atoms with Gasteiger partial charge in [-0.3, -0.25) is 4.57 Å².